The molecule has 0 saturated carbocycles. The molecule has 0 bridgehead atoms. The summed E-state index contributed by atoms with van der Waals surface area (Å²) in [5.74, 6) is -1.22. The summed E-state index contributed by atoms with van der Waals surface area (Å²) >= 11 is 18.7. The molecule has 1 aromatic rings. The molecular weight excluding hydrogens is 367 g/mol. The highest BCUT2D eigenvalue weighted by Gasteiger charge is 2.40. The van der Waals surface area contributed by atoms with Gasteiger partial charge in [0, 0.05) is 10.0 Å². The maximum atomic E-state index is 12.7. The lowest BCUT2D eigenvalue weighted by Gasteiger charge is -2.15. The van der Waals surface area contributed by atoms with Crippen molar-refractivity contribution in [3.63, 3.8) is 0 Å². The zero-order valence-corrected chi connectivity index (χ0v) is 11.6. The quantitative estimate of drug-likeness (QED) is 0.501. The van der Waals surface area contributed by atoms with E-state index in [0.29, 0.717) is 0 Å². The Hall–Kier alpha value is 0.0300. The molecule has 0 amide bonds. The van der Waals surface area contributed by atoms with Crippen molar-refractivity contribution >= 4 is 56.5 Å². The fraction of sp³-hybridized carbons (Fsp3) is 0.222. The average molecular weight is 370 g/mol. The Morgan fingerprint density at radius 3 is 2.12 bits per heavy atom. The fourth-order valence-electron chi connectivity index (χ4n) is 1.10. The predicted molar refractivity (Wildman–Crippen MR) is 63.8 cm³/mol. The second-order valence-corrected chi connectivity index (χ2v) is 6.21. The van der Waals surface area contributed by atoms with Crippen molar-refractivity contribution in [2.75, 3.05) is 0 Å². The van der Waals surface area contributed by atoms with E-state index in [1.807, 2.05) is 0 Å². The van der Waals surface area contributed by atoms with Crippen LogP contribution in [0.25, 0.3) is 0 Å². The SMILES string of the molecule is O=C(c1ccc(Br)cc1C(F)(F)F)C(Cl)(Cl)Cl. The molecule has 0 aliphatic carbocycles. The molecule has 17 heavy (non-hydrogen) atoms. The zero-order chi connectivity index (χ0) is 13.4. The molecule has 0 aliphatic heterocycles. The molecule has 8 heteroatoms. The molecule has 0 atom stereocenters. The summed E-state index contributed by atoms with van der Waals surface area (Å²) in [4.78, 5) is 11.5. The highest BCUT2D eigenvalue weighted by molar-refractivity contribution is 9.10. The van der Waals surface area contributed by atoms with Crippen LogP contribution in [-0.2, 0) is 6.18 Å². The van der Waals surface area contributed by atoms with Crippen LogP contribution in [0.4, 0.5) is 13.2 Å². The Morgan fingerprint density at radius 2 is 1.71 bits per heavy atom. The van der Waals surface area contributed by atoms with Crippen molar-refractivity contribution in [2.24, 2.45) is 0 Å². The summed E-state index contributed by atoms with van der Waals surface area (Å²) in [5, 5.41) is 0. The summed E-state index contributed by atoms with van der Waals surface area (Å²) in [6.07, 6.45) is -4.70. The van der Waals surface area contributed by atoms with Gasteiger partial charge in [0.25, 0.3) is 3.79 Å². The molecule has 0 aromatic heterocycles. The molecule has 0 heterocycles. The van der Waals surface area contributed by atoms with Gasteiger partial charge >= 0.3 is 6.18 Å². The molecule has 0 saturated heterocycles. The summed E-state index contributed by atoms with van der Waals surface area (Å²) in [6, 6.07) is 2.97. The van der Waals surface area contributed by atoms with Crippen LogP contribution in [0, 0.1) is 0 Å². The van der Waals surface area contributed by atoms with E-state index >= 15 is 0 Å². The molecule has 1 nitrogen and oxygen atoms in total. The Kier molecular flexibility index (Phi) is 4.40. The summed E-state index contributed by atoms with van der Waals surface area (Å²) < 4.78 is 35.8. The Balaban J connectivity index is 3.40. The minimum Gasteiger partial charge on any atom is -0.289 e. The molecule has 0 unspecified atom stereocenters. The number of hydrogen-bond donors (Lipinski definition) is 0. The van der Waals surface area contributed by atoms with Gasteiger partial charge in [-0.2, -0.15) is 13.2 Å². The molecular formula is C9H3BrCl3F3O. The van der Waals surface area contributed by atoms with Crippen molar-refractivity contribution in [3.8, 4) is 0 Å². The van der Waals surface area contributed by atoms with Crippen LogP contribution >= 0.6 is 50.7 Å². The normalized spacial score (nSPS) is 12.6. The summed E-state index contributed by atoms with van der Waals surface area (Å²) in [6.45, 7) is 0. The lowest BCUT2D eigenvalue weighted by molar-refractivity contribution is -0.137. The number of halogens is 7. The smallest absolute Gasteiger partial charge is 0.289 e. The Bertz CT molecular complexity index is 454. The van der Waals surface area contributed by atoms with Gasteiger partial charge in [-0.1, -0.05) is 50.7 Å². The first-order valence-electron chi connectivity index (χ1n) is 4.02. The Morgan fingerprint density at radius 1 is 1.18 bits per heavy atom. The van der Waals surface area contributed by atoms with E-state index in [-0.39, 0.29) is 4.47 Å². The monoisotopic (exact) mass is 368 g/mol. The summed E-state index contributed by atoms with van der Waals surface area (Å²) in [7, 11) is 0. The molecule has 94 valence electrons. The molecule has 0 radical (unpaired) electrons. The molecule has 1 aromatic carbocycles. The molecule has 0 aliphatic rings. The number of Topliss-reactive ketones (excluding diaryl/α,β-unsaturated/α-hetero) is 1. The second kappa shape index (κ2) is 4.96. The lowest BCUT2D eigenvalue weighted by atomic mass is 10.0. The number of benzene rings is 1. The van der Waals surface area contributed by atoms with Crippen molar-refractivity contribution < 1.29 is 18.0 Å². The summed E-state index contributed by atoms with van der Waals surface area (Å²) in [5.41, 5.74) is -1.83. The maximum absolute atomic E-state index is 12.7. The van der Waals surface area contributed by atoms with E-state index in [2.05, 4.69) is 15.9 Å². The minimum atomic E-state index is -4.70. The highest BCUT2D eigenvalue weighted by atomic mass is 79.9. The van der Waals surface area contributed by atoms with Gasteiger partial charge in [0.1, 0.15) is 0 Å². The molecule has 0 fully saturated rings. The largest absolute Gasteiger partial charge is 0.417 e. The van der Waals surface area contributed by atoms with Gasteiger partial charge in [0.2, 0.25) is 5.78 Å². The first-order valence-corrected chi connectivity index (χ1v) is 5.94. The number of rotatable bonds is 1. The van der Waals surface area contributed by atoms with Gasteiger partial charge in [-0.05, 0) is 18.2 Å². The van der Waals surface area contributed by atoms with Crippen LogP contribution in [0.15, 0.2) is 22.7 Å². The lowest BCUT2D eigenvalue weighted by Crippen LogP contribution is -2.23. The average Bonchev–Trinajstić information content (AvgIpc) is 2.14. The number of alkyl halides is 6. The first-order chi connectivity index (χ1) is 7.53. The van der Waals surface area contributed by atoms with E-state index in [1.165, 1.54) is 6.07 Å². The minimum absolute atomic E-state index is 0.172. The third kappa shape index (κ3) is 3.74. The molecule has 0 spiro atoms. The maximum Gasteiger partial charge on any atom is 0.417 e. The number of hydrogen-bond acceptors (Lipinski definition) is 1. The highest BCUT2D eigenvalue weighted by Crippen LogP contribution is 2.38. The predicted octanol–water partition coefficient (Wildman–Crippen LogP) is 5.02. The van der Waals surface area contributed by atoms with Gasteiger partial charge < -0.3 is 0 Å². The van der Waals surface area contributed by atoms with Crippen LogP contribution < -0.4 is 0 Å². The van der Waals surface area contributed by atoms with Crippen molar-refractivity contribution in [1.29, 1.82) is 0 Å². The number of ketones is 1. The van der Waals surface area contributed by atoms with Crippen LogP contribution in [0.2, 0.25) is 0 Å². The van der Waals surface area contributed by atoms with Gasteiger partial charge in [0.05, 0.1) is 5.56 Å². The Labute approximate surface area is 118 Å². The van der Waals surface area contributed by atoms with Crippen LogP contribution in [0.1, 0.15) is 15.9 Å². The van der Waals surface area contributed by atoms with E-state index in [9.17, 15) is 18.0 Å². The van der Waals surface area contributed by atoms with Crippen molar-refractivity contribution in [2.45, 2.75) is 9.97 Å². The third-order valence-electron chi connectivity index (χ3n) is 1.79. The van der Waals surface area contributed by atoms with E-state index in [0.717, 1.165) is 12.1 Å². The second-order valence-electron chi connectivity index (χ2n) is 3.01. The van der Waals surface area contributed by atoms with Gasteiger partial charge in [-0.15, -0.1) is 0 Å². The van der Waals surface area contributed by atoms with Crippen LogP contribution in [0.5, 0.6) is 0 Å². The fourth-order valence-corrected chi connectivity index (χ4v) is 1.77. The topological polar surface area (TPSA) is 17.1 Å². The van der Waals surface area contributed by atoms with Crippen molar-refractivity contribution in [1.82, 2.24) is 0 Å². The number of carbonyl (C=O) groups excluding carboxylic acids is 1. The molecule has 1 rings (SSSR count). The van der Waals surface area contributed by atoms with Crippen LogP contribution in [0.3, 0.4) is 0 Å². The standard InChI is InChI=1S/C9H3BrCl3F3O/c10-4-1-2-5(7(17)8(11,12)13)6(3-4)9(14,15)16/h1-3H. The van der Waals surface area contributed by atoms with Gasteiger partial charge in [-0.25, -0.2) is 0 Å². The number of carbonyl (C=O) groups is 1. The zero-order valence-electron chi connectivity index (χ0n) is 7.79. The van der Waals surface area contributed by atoms with E-state index in [1.54, 1.807) is 0 Å². The van der Waals surface area contributed by atoms with Crippen molar-refractivity contribution in [3.05, 3.63) is 33.8 Å². The molecule has 0 N–H and O–H groups in total. The van der Waals surface area contributed by atoms with Gasteiger partial charge in [-0.3, -0.25) is 4.79 Å². The van der Waals surface area contributed by atoms with Crippen LogP contribution in [-0.4, -0.2) is 9.58 Å². The van der Waals surface area contributed by atoms with E-state index < -0.39 is 26.9 Å². The van der Waals surface area contributed by atoms with E-state index in [4.69, 9.17) is 34.8 Å². The third-order valence-corrected chi connectivity index (χ3v) is 2.80. The van der Waals surface area contributed by atoms with Gasteiger partial charge in [0.15, 0.2) is 0 Å². The first kappa shape index (κ1) is 15.1.